The minimum Gasteiger partial charge on any atom is -0.461 e. The summed E-state index contributed by atoms with van der Waals surface area (Å²) in [5.41, 5.74) is 0.953. The molecule has 0 unspecified atom stereocenters. The average Bonchev–Trinajstić information content (AvgIpc) is 2.95. The van der Waals surface area contributed by atoms with Crippen LogP contribution in [0.2, 0.25) is 0 Å². The maximum atomic E-state index is 5.81. The van der Waals surface area contributed by atoms with Gasteiger partial charge in [0.05, 0.1) is 0 Å². The number of hydrogen-bond acceptors (Lipinski definition) is 3. The van der Waals surface area contributed by atoms with Gasteiger partial charge in [-0.3, -0.25) is 4.99 Å². The lowest BCUT2D eigenvalue weighted by atomic mass is 10.2. The summed E-state index contributed by atoms with van der Waals surface area (Å²) in [4.78, 5) is 4.24. The molecule has 1 aromatic heterocycles. The molecule has 4 nitrogen and oxygen atoms in total. The largest absolute Gasteiger partial charge is 0.461 e. The molecule has 1 heterocycles. The fourth-order valence-electron chi connectivity index (χ4n) is 2.26. The Balaban J connectivity index is 1.69. The van der Waals surface area contributed by atoms with E-state index < -0.39 is 0 Å². The van der Waals surface area contributed by atoms with Crippen LogP contribution in [0.25, 0.3) is 11.0 Å². The van der Waals surface area contributed by atoms with E-state index in [0.717, 1.165) is 42.2 Å². The number of hydrogen-bond donors (Lipinski definition) is 2. The van der Waals surface area contributed by atoms with Gasteiger partial charge in [0.15, 0.2) is 5.96 Å². The highest BCUT2D eigenvalue weighted by molar-refractivity contribution is 7.98. The number of thioether (sulfide) groups is 1. The highest BCUT2D eigenvalue weighted by Gasteiger charge is 2.03. The minimum absolute atomic E-state index is 0.810. The van der Waals surface area contributed by atoms with E-state index in [0.29, 0.717) is 0 Å². The summed E-state index contributed by atoms with van der Waals surface area (Å²) < 4.78 is 5.81. The molecule has 0 spiro atoms. The molecule has 0 fully saturated rings. The molecule has 0 aliphatic rings. The van der Waals surface area contributed by atoms with Crippen LogP contribution in [0.1, 0.15) is 18.6 Å². The molecule has 2 aromatic rings. The van der Waals surface area contributed by atoms with Crippen molar-refractivity contribution in [1.82, 2.24) is 10.6 Å². The van der Waals surface area contributed by atoms with Crippen LogP contribution in [0.15, 0.2) is 39.7 Å². The van der Waals surface area contributed by atoms with E-state index in [1.54, 1.807) is 7.05 Å². The summed E-state index contributed by atoms with van der Waals surface area (Å²) >= 11 is 1.90. The Labute approximate surface area is 136 Å². The van der Waals surface area contributed by atoms with Gasteiger partial charge in [-0.15, -0.1) is 0 Å². The van der Waals surface area contributed by atoms with Crippen LogP contribution in [0.5, 0.6) is 0 Å². The zero-order valence-electron chi connectivity index (χ0n) is 13.4. The zero-order chi connectivity index (χ0) is 15.6. The van der Waals surface area contributed by atoms with Gasteiger partial charge in [-0.25, -0.2) is 0 Å². The first kappa shape index (κ1) is 16.7. The number of nitrogens with zero attached hydrogens (tertiary/aromatic N) is 1. The van der Waals surface area contributed by atoms with Gasteiger partial charge in [0.25, 0.3) is 0 Å². The molecule has 0 atom stereocenters. The van der Waals surface area contributed by atoms with E-state index in [2.05, 4.69) is 34.0 Å². The lowest BCUT2D eigenvalue weighted by Gasteiger charge is -2.11. The predicted molar refractivity (Wildman–Crippen MR) is 96.9 cm³/mol. The predicted octanol–water partition coefficient (Wildman–Crippen LogP) is 3.28. The van der Waals surface area contributed by atoms with Gasteiger partial charge in [0.2, 0.25) is 0 Å². The summed E-state index contributed by atoms with van der Waals surface area (Å²) in [5.74, 6) is 3.09. The number of rotatable bonds is 8. The molecule has 0 bridgehead atoms. The fraction of sp³-hybridized carbons (Fsp3) is 0.471. The Hall–Kier alpha value is -1.62. The van der Waals surface area contributed by atoms with Crippen LogP contribution in [-0.4, -0.2) is 38.1 Å². The van der Waals surface area contributed by atoms with Gasteiger partial charge in [-0.05, 0) is 37.0 Å². The smallest absolute Gasteiger partial charge is 0.190 e. The van der Waals surface area contributed by atoms with Crippen molar-refractivity contribution in [3.05, 3.63) is 36.1 Å². The summed E-state index contributed by atoms with van der Waals surface area (Å²) in [6.45, 7) is 1.77. The maximum absolute atomic E-state index is 5.81. The molecule has 0 aliphatic carbocycles. The number of para-hydroxylation sites is 1. The third-order valence-corrected chi connectivity index (χ3v) is 4.13. The quantitative estimate of drug-likeness (QED) is 0.445. The average molecular weight is 319 g/mol. The van der Waals surface area contributed by atoms with Gasteiger partial charge in [-0.1, -0.05) is 18.2 Å². The maximum Gasteiger partial charge on any atom is 0.190 e. The summed E-state index contributed by atoms with van der Waals surface area (Å²) in [7, 11) is 1.80. The Morgan fingerprint density at radius 3 is 2.77 bits per heavy atom. The molecule has 22 heavy (non-hydrogen) atoms. The van der Waals surface area contributed by atoms with Gasteiger partial charge < -0.3 is 15.1 Å². The lowest BCUT2D eigenvalue weighted by Crippen LogP contribution is -2.38. The summed E-state index contributed by atoms with van der Waals surface area (Å²) in [6, 6.07) is 10.2. The molecule has 0 saturated carbocycles. The summed E-state index contributed by atoms with van der Waals surface area (Å²) in [5, 5.41) is 7.83. The molecule has 1 aromatic carbocycles. The SMILES string of the molecule is CN=C(NCCCCSC)NCCc1cc2ccccc2o1. The molecule has 0 aliphatic heterocycles. The van der Waals surface area contributed by atoms with Crippen LogP contribution in [0.3, 0.4) is 0 Å². The first-order valence-electron chi connectivity index (χ1n) is 7.74. The van der Waals surface area contributed by atoms with Crippen LogP contribution < -0.4 is 10.6 Å². The van der Waals surface area contributed by atoms with E-state index in [1.807, 2.05) is 30.0 Å². The monoisotopic (exact) mass is 319 g/mol. The van der Waals surface area contributed by atoms with Crippen molar-refractivity contribution in [3.8, 4) is 0 Å². The van der Waals surface area contributed by atoms with Crippen molar-refractivity contribution in [2.45, 2.75) is 19.3 Å². The Morgan fingerprint density at radius 1 is 1.18 bits per heavy atom. The second-order valence-electron chi connectivity index (χ2n) is 5.13. The standard InChI is InChI=1S/C17H25N3OS/c1-18-17(19-10-5-6-12-22-2)20-11-9-15-13-14-7-3-4-8-16(14)21-15/h3-4,7-8,13H,5-6,9-12H2,1-2H3,(H2,18,19,20). The molecule has 0 saturated heterocycles. The Kier molecular flexibility index (Phi) is 7.16. The Morgan fingerprint density at radius 2 is 2.00 bits per heavy atom. The van der Waals surface area contributed by atoms with E-state index >= 15 is 0 Å². The van der Waals surface area contributed by atoms with Crippen LogP contribution in [0, 0.1) is 0 Å². The number of nitrogens with one attached hydrogen (secondary N) is 2. The molecule has 120 valence electrons. The first-order chi connectivity index (χ1) is 10.8. The molecule has 2 rings (SSSR count). The highest BCUT2D eigenvalue weighted by Crippen LogP contribution is 2.18. The first-order valence-corrected chi connectivity index (χ1v) is 9.14. The van der Waals surface area contributed by atoms with Crippen molar-refractivity contribution in [2.75, 3.05) is 32.1 Å². The van der Waals surface area contributed by atoms with Crippen LogP contribution in [0.4, 0.5) is 0 Å². The molecule has 5 heteroatoms. The van der Waals surface area contributed by atoms with Crippen molar-refractivity contribution in [1.29, 1.82) is 0 Å². The topological polar surface area (TPSA) is 49.6 Å². The van der Waals surface area contributed by atoms with E-state index in [-0.39, 0.29) is 0 Å². The third-order valence-electron chi connectivity index (χ3n) is 3.43. The second kappa shape index (κ2) is 9.41. The molecule has 2 N–H and O–H groups in total. The Bertz CT molecular complexity index is 561. The second-order valence-corrected chi connectivity index (χ2v) is 6.11. The van der Waals surface area contributed by atoms with Crippen molar-refractivity contribution in [2.24, 2.45) is 4.99 Å². The highest BCUT2D eigenvalue weighted by atomic mass is 32.2. The van der Waals surface area contributed by atoms with Gasteiger partial charge in [0, 0.05) is 31.9 Å². The van der Waals surface area contributed by atoms with Gasteiger partial charge in [0.1, 0.15) is 11.3 Å². The fourth-order valence-corrected chi connectivity index (χ4v) is 2.76. The number of unbranched alkanes of at least 4 members (excludes halogenated alkanes) is 1. The third kappa shape index (κ3) is 5.30. The van der Waals surface area contributed by atoms with Gasteiger partial charge in [-0.2, -0.15) is 11.8 Å². The number of benzene rings is 1. The number of guanidine groups is 1. The van der Waals surface area contributed by atoms with E-state index in [4.69, 9.17) is 4.42 Å². The van der Waals surface area contributed by atoms with Crippen molar-refractivity contribution in [3.63, 3.8) is 0 Å². The zero-order valence-corrected chi connectivity index (χ0v) is 14.2. The van der Waals surface area contributed by atoms with Gasteiger partial charge >= 0.3 is 0 Å². The molecular weight excluding hydrogens is 294 g/mol. The van der Waals surface area contributed by atoms with Crippen LogP contribution >= 0.6 is 11.8 Å². The number of furan rings is 1. The lowest BCUT2D eigenvalue weighted by molar-refractivity contribution is 0.544. The van der Waals surface area contributed by atoms with Crippen LogP contribution in [-0.2, 0) is 6.42 Å². The van der Waals surface area contributed by atoms with Crippen molar-refractivity contribution >= 4 is 28.7 Å². The van der Waals surface area contributed by atoms with Crippen molar-refractivity contribution < 1.29 is 4.42 Å². The normalized spacial score (nSPS) is 11.8. The number of fused-ring (bicyclic) bond motifs is 1. The number of aliphatic imine (C=N–C) groups is 1. The summed E-state index contributed by atoms with van der Waals surface area (Å²) in [6.07, 6.45) is 5.41. The molecule has 0 amide bonds. The van der Waals surface area contributed by atoms with E-state index in [9.17, 15) is 0 Å². The van der Waals surface area contributed by atoms with E-state index in [1.165, 1.54) is 18.6 Å². The molecule has 0 radical (unpaired) electrons. The molecular formula is C17H25N3OS. The minimum atomic E-state index is 0.810.